The van der Waals surface area contributed by atoms with Crippen LogP contribution in [-0.2, 0) is 6.42 Å². The van der Waals surface area contributed by atoms with Gasteiger partial charge in [0.15, 0.2) is 5.84 Å². The molecule has 2 aliphatic heterocycles. The molecule has 2 N–H and O–H groups in total. The van der Waals surface area contributed by atoms with Crippen molar-refractivity contribution in [3.63, 3.8) is 0 Å². The van der Waals surface area contributed by atoms with E-state index in [2.05, 4.69) is 46.7 Å². The largest absolute Gasteiger partial charge is 0.497 e. The highest BCUT2D eigenvalue weighted by Gasteiger charge is 2.28. The number of ether oxygens (including phenoxy) is 1. The summed E-state index contributed by atoms with van der Waals surface area (Å²) in [5, 5.41) is 9.37. The van der Waals surface area contributed by atoms with Gasteiger partial charge in [-0.2, -0.15) is 0 Å². The fourth-order valence-corrected chi connectivity index (χ4v) is 5.02. The van der Waals surface area contributed by atoms with Crippen LogP contribution in [0, 0.1) is 6.92 Å². The Hall–Kier alpha value is -2.90. The van der Waals surface area contributed by atoms with Crippen molar-refractivity contribution in [2.24, 2.45) is 4.99 Å². The maximum atomic E-state index is 5.27. The average Bonchev–Trinajstić information content (AvgIpc) is 3.09. The van der Waals surface area contributed by atoms with Crippen molar-refractivity contribution in [1.82, 2.24) is 15.2 Å². The highest BCUT2D eigenvalue weighted by molar-refractivity contribution is 7.16. The van der Waals surface area contributed by atoms with Crippen LogP contribution in [0.25, 0.3) is 0 Å². The van der Waals surface area contributed by atoms with Crippen molar-refractivity contribution in [1.29, 1.82) is 0 Å². The van der Waals surface area contributed by atoms with Gasteiger partial charge in [-0.05, 0) is 49.6 Å². The average molecular weight is 436 g/mol. The molecule has 2 aromatic carbocycles. The van der Waals surface area contributed by atoms with Gasteiger partial charge in [0.25, 0.3) is 0 Å². The molecule has 3 heterocycles. The lowest BCUT2D eigenvalue weighted by molar-refractivity contribution is 0.282. The van der Waals surface area contributed by atoms with Crippen molar-refractivity contribution >= 4 is 33.5 Å². The first-order chi connectivity index (χ1) is 15.2. The van der Waals surface area contributed by atoms with Crippen LogP contribution in [0.3, 0.4) is 0 Å². The molecular formula is C24H29N5OS. The van der Waals surface area contributed by atoms with Gasteiger partial charge in [-0.25, -0.2) is 9.98 Å². The molecule has 5 rings (SSSR count). The molecule has 0 saturated carbocycles. The Morgan fingerprint density at radius 3 is 2.87 bits per heavy atom. The Morgan fingerprint density at radius 1 is 1.19 bits per heavy atom. The van der Waals surface area contributed by atoms with Crippen molar-refractivity contribution in [3.8, 4) is 5.75 Å². The Balaban J connectivity index is 0.00000245. The zero-order valence-electron chi connectivity index (χ0n) is 17.9. The number of amidine groups is 1. The number of anilines is 2. The minimum atomic E-state index is 0. The molecular weight excluding hydrogens is 406 g/mol. The van der Waals surface area contributed by atoms with Crippen LogP contribution in [0.5, 0.6) is 5.75 Å². The van der Waals surface area contributed by atoms with Crippen LogP contribution in [0.2, 0.25) is 0 Å². The normalized spacial score (nSPS) is 17.8. The van der Waals surface area contributed by atoms with Crippen LogP contribution >= 0.6 is 11.3 Å². The van der Waals surface area contributed by atoms with E-state index in [4.69, 9.17) is 14.7 Å². The number of fused-ring (bicyclic) bond motifs is 2. The van der Waals surface area contributed by atoms with E-state index in [0.717, 1.165) is 71.1 Å². The molecule has 0 radical (unpaired) electrons. The van der Waals surface area contributed by atoms with Gasteiger partial charge in [-0.1, -0.05) is 24.3 Å². The standard InChI is InChI=1S/C24H27N5OS.H2/c1-16-26-22-23(27-20-5-3-4-6-21(20)28-24(22)31-16)29-14-13-25-18(15-29)10-7-17-8-11-19(30-2)12-9-17;/h3-6,8-9,11-12,18,25,28H,7,10,13-15H2,1-2H3;1H/t18-;/m0./s1. The predicted octanol–water partition coefficient (Wildman–Crippen LogP) is 4.75. The topological polar surface area (TPSA) is 61.8 Å². The number of benzene rings is 2. The van der Waals surface area contributed by atoms with E-state index >= 15 is 0 Å². The lowest BCUT2D eigenvalue weighted by Gasteiger charge is -2.35. The Labute approximate surface area is 188 Å². The van der Waals surface area contributed by atoms with Gasteiger partial charge in [0.2, 0.25) is 0 Å². The third kappa shape index (κ3) is 4.29. The minimum Gasteiger partial charge on any atom is -0.497 e. The Kier molecular flexibility index (Phi) is 5.61. The summed E-state index contributed by atoms with van der Waals surface area (Å²) in [7, 11) is 1.70. The van der Waals surface area contributed by atoms with Crippen LogP contribution in [0.1, 0.15) is 24.1 Å². The molecule has 0 aliphatic carbocycles. The highest BCUT2D eigenvalue weighted by Crippen LogP contribution is 2.37. The Morgan fingerprint density at radius 2 is 2.03 bits per heavy atom. The number of thiazole rings is 1. The van der Waals surface area contributed by atoms with Crippen LogP contribution in [-0.4, -0.2) is 48.5 Å². The lowest BCUT2D eigenvalue weighted by atomic mass is 10.0. The van der Waals surface area contributed by atoms with Crippen LogP contribution in [0.15, 0.2) is 53.5 Å². The Bertz CT molecular complexity index is 1100. The minimum absolute atomic E-state index is 0. The van der Waals surface area contributed by atoms with E-state index in [1.807, 2.05) is 24.3 Å². The highest BCUT2D eigenvalue weighted by atomic mass is 32.1. The lowest BCUT2D eigenvalue weighted by Crippen LogP contribution is -2.53. The SMILES string of the molecule is COc1ccc(CC[C@H]2CN(C3=Nc4ccccc4Nc4sc(C)nc43)CCN2)cc1.[HH]. The molecule has 0 bridgehead atoms. The van der Waals surface area contributed by atoms with Crippen molar-refractivity contribution < 1.29 is 6.16 Å². The maximum absolute atomic E-state index is 5.27. The summed E-state index contributed by atoms with van der Waals surface area (Å²) in [5.41, 5.74) is 4.30. The molecule has 1 fully saturated rings. The molecule has 0 spiro atoms. The number of hydrogen-bond donors (Lipinski definition) is 2. The molecule has 1 atom stereocenters. The first kappa shape index (κ1) is 20.0. The fourth-order valence-electron chi connectivity index (χ4n) is 4.19. The fraction of sp³-hybridized carbons (Fsp3) is 0.333. The first-order valence-electron chi connectivity index (χ1n) is 10.7. The van der Waals surface area contributed by atoms with E-state index in [1.165, 1.54) is 5.56 Å². The molecule has 0 unspecified atom stereocenters. The van der Waals surface area contributed by atoms with Crippen molar-refractivity contribution in [3.05, 3.63) is 64.8 Å². The molecule has 1 aromatic heterocycles. The molecule has 162 valence electrons. The van der Waals surface area contributed by atoms with E-state index in [1.54, 1.807) is 18.4 Å². The van der Waals surface area contributed by atoms with Crippen LogP contribution < -0.4 is 15.4 Å². The zero-order valence-corrected chi connectivity index (χ0v) is 18.7. The van der Waals surface area contributed by atoms with Crippen molar-refractivity contribution in [2.45, 2.75) is 25.8 Å². The summed E-state index contributed by atoms with van der Waals surface area (Å²) in [6.07, 6.45) is 2.11. The van der Waals surface area contributed by atoms with Gasteiger partial charge in [-0.3, -0.25) is 0 Å². The number of piperazine rings is 1. The summed E-state index contributed by atoms with van der Waals surface area (Å²) in [4.78, 5) is 12.3. The van der Waals surface area contributed by atoms with Gasteiger partial charge >= 0.3 is 0 Å². The van der Waals surface area contributed by atoms with Gasteiger partial charge in [-0.15, -0.1) is 11.3 Å². The smallest absolute Gasteiger partial charge is 0.158 e. The van der Waals surface area contributed by atoms with E-state index < -0.39 is 0 Å². The molecule has 7 heteroatoms. The number of rotatable bonds is 4. The summed E-state index contributed by atoms with van der Waals surface area (Å²) in [6.45, 7) is 4.85. The number of nitrogens with one attached hydrogen (secondary N) is 2. The monoisotopic (exact) mass is 435 g/mol. The zero-order chi connectivity index (χ0) is 21.2. The summed E-state index contributed by atoms with van der Waals surface area (Å²) in [5.74, 6) is 1.88. The van der Waals surface area contributed by atoms with Gasteiger partial charge in [0.1, 0.15) is 16.4 Å². The number of methoxy groups -OCH3 is 1. The number of nitrogens with zero attached hydrogens (tertiary/aromatic N) is 3. The third-order valence-electron chi connectivity index (χ3n) is 5.82. The molecule has 31 heavy (non-hydrogen) atoms. The summed E-state index contributed by atoms with van der Waals surface area (Å²) < 4.78 is 5.27. The second-order valence-corrected chi connectivity index (χ2v) is 9.18. The number of aryl methyl sites for hydroxylation is 2. The van der Waals surface area contributed by atoms with Gasteiger partial charge in [0, 0.05) is 27.1 Å². The molecule has 3 aromatic rings. The predicted molar refractivity (Wildman–Crippen MR) is 130 cm³/mol. The summed E-state index contributed by atoms with van der Waals surface area (Å²) in [6, 6.07) is 17.0. The van der Waals surface area contributed by atoms with Gasteiger partial charge in [0.05, 0.1) is 23.5 Å². The first-order valence-corrected chi connectivity index (χ1v) is 11.5. The second kappa shape index (κ2) is 8.69. The molecule has 2 aliphatic rings. The molecule has 0 amide bonds. The number of hydrogen-bond acceptors (Lipinski definition) is 7. The van der Waals surface area contributed by atoms with E-state index in [-0.39, 0.29) is 1.43 Å². The van der Waals surface area contributed by atoms with Crippen LogP contribution in [0.4, 0.5) is 16.4 Å². The number of aliphatic imine (C=N–C) groups is 1. The van der Waals surface area contributed by atoms with Crippen molar-refractivity contribution in [2.75, 3.05) is 32.1 Å². The molecule has 6 nitrogen and oxygen atoms in total. The second-order valence-electron chi connectivity index (χ2n) is 7.97. The van der Waals surface area contributed by atoms with E-state index in [0.29, 0.717) is 6.04 Å². The maximum Gasteiger partial charge on any atom is 0.158 e. The number of aromatic nitrogens is 1. The summed E-state index contributed by atoms with van der Waals surface area (Å²) >= 11 is 1.69. The third-order valence-corrected chi connectivity index (χ3v) is 6.71. The van der Waals surface area contributed by atoms with Gasteiger partial charge < -0.3 is 20.3 Å². The number of para-hydroxylation sites is 2. The quantitative estimate of drug-likeness (QED) is 0.619. The van der Waals surface area contributed by atoms with E-state index in [9.17, 15) is 0 Å². The molecule has 1 saturated heterocycles.